The summed E-state index contributed by atoms with van der Waals surface area (Å²) in [5, 5.41) is 224. The Morgan fingerprint density at radius 2 is 0.444 bits per heavy atom. The summed E-state index contributed by atoms with van der Waals surface area (Å²) < 4.78 is 80.3. The number of amides is 1. The zero-order chi connectivity index (χ0) is 59.0. The molecular formula is C45H73NO35. The van der Waals surface area contributed by atoms with Crippen molar-refractivity contribution in [3.05, 3.63) is 12.7 Å². The first-order valence-corrected chi connectivity index (χ1v) is 25.8. The van der Waals surface area contributed by atoms with E-state index in [0.29, 0.717) is 0 Å². The molecule has 21 saturated heterocycles. The molecule has 0 radical (unpaired) electrons. The van der Waals surface area contributed by atoms with Crippen molar-refractivity contribution in [2.24, 2.45) is 0 Å². The minimum Gasteiger partial charge on any atom is -0.394 e. The predicted octanol–water partition coefficient (Wildman–Crippen LogP) is -14.9. The Labute approximate surface area is 457 Å². The molecule has 21 rings (SSSR count). The van der Waals surface area contributed by atoms with E-state index in [1.807, 2.05) is 0 Å². The van der Waals surface area contributed by atoms with E-state index in [2.05, 4.69) is 11.9 Å². The average Bonchev–Trinajstić information content (AvgIpc) is 3.59. The number of carbonyl (C=O) groups excluding carboxylic acids is 1. The lowest BCUT2D eigenvalue weighted by atomic mass is 9.95. The van der Waals surface area contributed by atoms with Crippen molar-refractivity contribution < 1.29 is 173 Å². The van der Waals surface area contributed by atoms with Gasteiger partial charge in [0.1, 0.15) is 171 Å². The predicted molar refractivity (Wildman–Crippen MR) is 245 cm³/mol. The van der Waals surface area contributed by atoms with Crippen molar-refractivity contribution in [3.8, 4) is 0 Å². The first-order chi connectivity index (χ1) is 38.5. The SMILES string of the molecule is C=CC(=O)NC[C@H]1O[C@@H]2O[C@H]3[C@H](O)[C@@H](O)[C@@H](O[C@@H]4[C@@H](O)[C@H](O)[C@H](O[C@@H]5[C@@H](O)[C@H](O)[C@H](O[C@@H]6[C@@H](O)[C@H](O)[C@H](O[C@@H]7[C@@H](O)[C@H](O)[C@H](O[C@H]8[C@H](O)[C@@H](O)[C@@H](O[C@H]1[C@H](O)[C@H]2O)O[C@@H]8CO)O[C@H]7CO)O[C@H]6CO)O[C@H]5CO)O[C@H]4CO)O[C@@H]3CO. The molecular weight excluding hydrogens is 1110 g/mol. The number of carbonyl (C=O) groups is 1. The van der Waals surface area contributed by atoms with Crippen LogP contribution in [0.4, 0.5) is 0 Å². The van der Waals surface area contributed by atoms with Crippen molar-refractivity contribution in [1.29, 1.82) is 0 Å². The highest BCUT2D eigenvalue weighted by Crippen LogP contribution is 2.39. The van der Waals surface area contributed by atoms with Crippen LogP contribution in [0.15, 0.2) is 12.7 Å². The molecule has 0 saturated carbocycles. The summed E-state index contributed by atoms with van der Waals surface area (Å²) in [6.45, 7) is -3.64. The van der Waals surface area contributed by atoms with Crippen molar-refractivity contribution >= 4 is 5.91 Å². The van der Waals surface area contributed by atoms with Gasteiger partial charge >= 0.3 is 0 Å². The van der Waals surface area contributed by atoms with Crippen molar-refractivity contribution in [1.82, 2.24) is 5.32 Å². The number of aliphatic hydroxyl groups excluding tert-OH is 20. The number of aliphatic hydroxyl groups is 20. The van der Waals surface area contributed by atoms with Crippen LogP contribution in [0.5, 0.6) is 0 Å². The van der Waals surface area contributed by atoms with Gasteiger partial charge in [0, 0.05) is 6.54 Å². The largest absolute Gasteiger partial charge is 0.394 e. The molecule has 35 atom stereocenters. The number of hydrogen-bond donors (Lipinski definition) is 21. The average molecular weight is 1190 g/mol. The van der Waals surface area contributed by atoms with Crippen LogP contribution in [-0.4, -0.2) is 369 Å². The molecule has 21 N–H and O–H groups in total. The lowest BCUT2D eigenvalue weighted by Gasteiger charge is -2.50. The fourth-order valence-electron chi connectivity index (χ4n) is 10.7. The summed E-state index contributed by atoms with van der Waals surface area (Å²) >= 11 is 0. The van der Waals surface area contributed by atoms with Gasteiger partial charge in [-0.25, -0.2) is 0 Å². The van der Waals surface area contributed by atoms with E-state index in [4.69, 9.17) is 66.3 Å². The van der Waals surface area contributed by atoms with Gasteiger partial charge in [-0.3, -0.25) is 4.79 Å². The van der Waals surface area contributed by atoms with Gasteiger partial charge < -0.3 is 174 Å². The summed E-state index contributed by atoms with van der Waals surface area (Å²) in [6.07, 6.45) is -69.9. The van der Waals surface area contributed by atoms with Crippen LogP contribution in [0.25, 0.3) is 0 Å². The van der Waals surface area contributed by atoms with Gasteiger partial charge in [0.25, 0.3) is 0 Å². The summed E-state index contributed by atoms with van der Waals surface area (Å²) in [6, 6.07) is 0. The lowest BCUT2D eigenvalue weighted by molar-refractivity contribution is -0.396. The summed E-state index contributed by atoms with van der Waals surface area (Å²) in [7, 11) is 0. The summed E-state index contributed by atoms with van der Waals surface area (Å²) in [5.74, 6) is -0.815. The van der Waals surface area contributed by atoms with Gasteiger partial charge in [0.2, 0.25) is 5.91 Å². The smallest absolute Gasteiger partial charge is 0.243 e. The third-order valence-corrected chi connectivity index (χ3v) is 15.3. The first-order valence-electron chi connectivity index (χ1n) is 25.8. The maximum Gasteiger partial charge on any atom is 0.243 e. The number of hydrogen-bond acceptors (Lipinski definition) is 35. The highest BCUT2D eigenvalue weighted by Gasteiger charge is 2.59. The Bertz CT molecular complexity index is 1990. The Morgan fingerprint density at radius 3 is 0.605 bits per heavy atom. The maximum absolute atomic E-state index is 12.4. The molecule has 81 heavy (non-hydrogen) atoms. The molecule has 14 bridgehead atoms. The maximum atomic E-state index is 12.4. The van der Waals surface area contributed by atoms with E-state index < -0.39 is 267 Å². The van der Waals surface area contributed by atoms with Crippen LogP contribution in [0, 0.1) is 0 Å². The van der Waals surface area contributed by atoms with Crippen LogP contribution in [0.3, 0.4) is 0 Å². The minimum atomic E-state index is -2.24. The molecule has 36 nitrogen and oxygen atoms in total. The second-order valence-corrected chi connectivity index (χ2v) is 20.4. The molecule has 0 aromatic rings. The third kappa shape index (κ3) is 13.1. The molecule has 21 heterocycles. The molecule has 36 heteroatoms. The highest BCUT2D eigenvalue weighted by atomic mass is 16.8. The fraction of sp³-hybridized carbons (Fsp3) is 0.933. The van der Waals surface area contributed by atoms with Crippen molar-refractivity contribution in [2.45, 2.75) is 215 Å². The molecule has 0 aliphatic carbocycles. The number of nitrogens with one attached hydrogen (secondary N) is 1. The van der Waals surface area contributed by atoms with Crippen LogP contribution in [0.2, 0.25) is 0 Å². The molecule has 468 valence electrons. The fourth-order valence-corrected chi connectivity index (χ4v) is 10.7. The zero-order valence-electron chi connectivity index (χ0n) is 42.5. The van der Waals surface area contributed by atoms with Gasteiger partial charge in [-0.2, -0.15) is 0 Å². The Hall–Kier alpha value is -2.15. The lowest BCUT2D eigenvalue weighted by Crippen LogP contribution is -2.68. The third-order valence-electron chi connectivity index (χ3n) is 15.3. The zero-order valence-corrected chi connectivity index (χ0v) is 42.5. The Morgan fingerprint density at radius 1 is 0.284 bits per heavy atom. The second kappa shape index (κ2) is 27.7. The first kappa shape index (κ1) is 64.8. The monoisotopic (exact) mass is 1190 g/mol. The quantitative estimate of drug-likeness (QED) is 0.0953. The van der Waals surface area contributed by atoms with E-state index in [0.717, 1.165) is 6.08 Å². The molecule has 21 aliphatic heterocycles. The Balaban J connectivity index is 1.10. The molecule has 21 aliphatic rings. The van der Waals surface area contributed by atoms with Crippen LogP contribution >= 0.6 is 0 Å². The van der Waals surface area contributed by atoms with Crippen molar-refractivity contribution in [3.63, 3.8) is 0 Å². The molecule has 0 spiro atoms. The topological polar surface area (TPSA) is 563 Å². The Kier molecular flexibility index (Phi) is 22.2. The molecule has 1 amide bonds. The van der Waals surface area contributed by atoms with E-state index in [1.165, 1.54) is 0 Å². The minimum absolute atomic E-state index is 0.625. The van der Waals surface area contributed by atoms with Crippen LogP contribution < -0.4 is 5.32 Å². The summed E-state index contributed by atoms with van der Waals surface area (Å²) in [5.41, 5.74) is 0. The van der Waals surface area contributed by atoms with Gasteiger partial charge in [0.05, 0.1) is 39.6 Å². The van der Waals surface area contributed by atoms with E-state index >= 15 is 0 Å². The molecule has 0 aromatic heterocycles. The number of rotatable bonds is 9. The summed E-state index contributed by atoms with van der Waals surface area (Å²) in [4.78, 5) is 12.4. The van der Waals surface area contributed by atoms with Crippen LogP contribution in [-0.2, 0) is 71.1 Å². The molecule has 0 unspecified atom stereocenters. The van der Waals surface area contributed by atoms with Gasteiger partial charge in [-0.15, -0.1) is 0 Å². The van der Waals surface area contributed by atoms with E-state index in [-0.39, 0.29) is 0 Å². The van der Waals surface area contributed by atoms with E-state index in [9.17, 15) is 107 Å². The van der Waals surface area contributed by atoms with Crippen molar-refractivity contribution in [2.75, 3.05) is 46.2 Å². The normalized spacial score (nSPS) is 53.1. The molecule has 0 aromatic carbocycles. The second-order valence-electron chi connectivity index (χ2n) is 20.4. The van der Waals surface area contributed by atoms with Crippen LogP contribution in [0.1, 0.15) is 0 Å². The highest BCUT2D eigenvalue weighted by molar-refractivity contribution is 5.86. The van der Waals surface area contributed by atoms with Gasteiger partial charge in [0.15, 0.2) is 44.0 Å². The number of ether oxygens (including phenoxy) is 14. The standard InChI is InChI=1S/C45H73NO35/c1-2-17(53)46-3-10-32-18(54)25(61)39(68-10)76-33-11(4-47)70-41(27(63)20(33)56)78-35-13(6-49)72-43(29(65)22(35)58)80-37-15(8-51)74-45(31(67)24(37)60)81-38-16(9-52)73-44(30(66)23(38)59)79-36-14(7-50)71-42(28(64)21(36)57)77-34-12(5-48)69-40(75-32)26(62)19(34)55/h2,10-16,18-45,47-52,54-67H,1,3-9H2,(H,46,53)/t10-,11-,12-,13+,14+,15+,16+,18-,19-,20-,21+,22+,23+,24+,25-,26-,27-,28+,29+,30+,31+,32-,33-,34-,35+,36+,37+,38+,39-,40-,41-,42+,43+,44+,45+/m1/s1. The molecule has 21 fully saturated rings. The van der Waals surface area contributed by atoms with Gasteiger partial charge in [-0.1, -0.05) is 6.58 Å². The van der Waals surface area contributed by atoms with E-state index in [1.54, 1.807) is 0 Å². The van der Waals surface area contributed by atoms with Gasteiger partial charge in [-0.05, 0) is 6.08 Å².